The van der Waals surface area contributed by atoms with Crippen LogP contribution in [-0.2, 0) is 20.4 Å². The van der Waals surface area contributed by atoms with Crippen molar-refractivity contribution in [3.05, 3.63) is 69.9 Å². The number of piperidine rings is 1. The molecule has 2 aliphatic rings. The van der Waals surface area contributed by atoms with Crippen LogP contribution in [-0.4, -0.2) is 48.3 Å². The molecule has 1 fully saturated rings. The lowest BCUT2D eigenvalue weighted by atomic mass is 9.70. The molecule has 0 unspecified atom stereocenters. The lowest BCUT2D eigenvalue weighted by molar-refractivity contribution is 0.0566. The number of benzene rings is 2. The number of nitrogens with one attached hydrogen (secondary N) is 2. The number of ketones is 1. The Morgan fingerprint density at radius 3 is 2.49 bits per heavy atom. The summed E-state index contributed by atoms with van der Waals surface area (Å²) in [5, 5.41) is 10.1. The molecule has 204 valence electrons. The number of hydrogen-bond donors (Lipinski definition) is 2. The molecule has 0 saturated carbocycles. The topological polar surface area (TPSA) is 132 Å². The molecule has 0 radical (unpaired) electrons. The average Bonchev–Trinajstić information content (AvgIpc) is 3.26. The second-order valence-corrected chi connectivity index (χ2v) is 13.5. The summed E-state index contributed by atoms with van der Waals surface area (Å²) in [5.41, 5.74) is 4.12. The maximum atomic E-state index is 13.6. The number of hydrogen-bond acceptors (Lipinski definition) is 6. The van der Waals surface area contributed by atoms with Gasteiger partial charge in [0.1, 0.15) is 5.60 Å². The van der Waals surface area contributed by atoms with Gasteiger partial charge in [0.2, 0.25) is 0 Å². The van der Waals surface area contributed by atoms with Gasteiger partial charge in [0.05, 0.1) is 17.2 Å². The third kappa shape index (κ3) is 4.81. The molecule has 2 heterocycles. The molecule has 1 aliphatic carbocycles. The Balaban J connectivity index is 1.37. The van der Waals surface area contributed by atoms with Crippen molar-refractivity contribution in [2.75, 3.05) is 13.1 Å². The van der Waals surface area contributed by atoms with Crippen LogP contribution >= 0.6 is 0 Å². The number of nitriles is 1. The van der Waals surface area contributed by atoms with Gasteiger partial charge in [-0.05, 0) is 62.8 Å². The van der Waals surface area contributed by atoms with E-state index >= 15 is 0 Å². The van der Waals surface area contributed by atoms with E-state index in [-0.39, 0.29) is 24.8 Å². The Morgan fingerprint density at radius 1 is 1.15 bits per heavy atom. The van der Waals surface area contributed by atoms with E-state index in [1.807, 2.05) is 22.9 Å². The Bertz CT molecular complexity index is 1650. The fraction of sp³-hybridized carbons (Fsp3) is 0.414. The molecule has 1 saturated heterocycles. The zero-order valence-electron chi connectivity index (χ0n) is 22.7. The van der Waals surface area contributed by atoms with Crippen LogP contribution in [0.15, 0.2) is 36.4 Å². The van der Waals surface area contributed by atoms with Crippen molar-refractivity contribution in [2.45, 2.75) is 64.4 Å². The lowest BCUT2D eigenvalue weighted by Gasteiger charge is -2.35. The van der Waals surface area contributed by atoms with E-state index < -0.39 is 27.3 Å². The number of amides is 1. The predicted octanol–water partition coefficient (Wildman–Crippen LogP) is 4.86. The van der Waals surface area contributed by atoms with Crippen LogP contribution in [0.5, 0.6) is 0 Å². The van der Waals surface area contributed by atoms with Crippen molar-refractivity contribution < 1.29 is 22.7 Å². The van der Waals surface area contributed by atoms with E-state index in [0.29, 0.717) is 29.5 Å². The Kier molecular flexibility index (Phi) is 6.35. The van der Waals surface area contributed by atoms with E-state index in [0.717, 1.165) is 27.7 Å². The highest BCUT2D eigenvalue weighted by Gasteiger charge is 2.40. The minimum absolute atomic E-state index is 0.0454. The van der Waals surface area contributed by atoms with Crippen LogP contribution < -0.4 is 4.72 Å². The molecule has 10 heteroatoms. The second-order valence-electron chi connectivity index (χ2n) is 11.8. The van der Waals surface area contributed by atoms with E-state index in [9.17, 15) is 23.3 Å². The maximum Gasteiger partial charge on any atom is 0.422 e. The number of fused-ring (bicyclic) bond motifs is 4. The maximum absolute atomic E-state index is 13.6. The number of H-pyrrole nitrogens is 1. The predicted molar refractivity (Wildman–Crippen MR) is 147 cm³/mol. The van der Waals surface area contributed by atoms with Crippen LogP contribution in [0.2, 0.25) is 0 Å². The van der Waals surface area contributed by atoms with Gasteiger partial charge in [0, 0.05) is 40.7 Å². The van der Waals surface area contributed by atoms with Gasteiger partial charge in [-0.3, -0.25) is 4.79 Å². The summed E-state index contributed by atoms with van der Waals surface area (Å²) >= 11 is 0. The minimum atomic E-state index is -4.01. The highest BCUT2D eigenvalue weighted by Crippen LogP contribution is 2.45. The molecule has 39 heavy (non-hydrogen) atoms. The Hall–Kier alpha value is -3.68. The monoisotopic (exact) mass is 548 g/mol. The first-order valence-corrected chi connectivity index (χ1v) is 14.4. The molecule has 5 rings (SSSR count). The quantitative estimate of drug-likeness (QED) is 0.480. The highest BCUT2D eigenvalue weighted by molar-refractivity contribution is 7.87. The summed E-state index contributed by atoms with van der Waals surface area (Å²) in [6.07, 6.45) is 0.167. The standard InChI is InChI=1S/C29H32N4O5S/c1-28(2,3)38-27(35)32-39(36,37)33-12-10-18(11-13-33)19-7-9-20-22(15-19)29(4,5)26-24(25(20)34)21-8-6-17(16-30)14-23(21)31-26/h6-9,14-15,18,31H,10-13H2,1-5H3,(H,32,35). The van der Waals surface area contributed by atoms with Crippen molar-refractivity contribution in [1.82, 2.24) is 14.0 Å². The summed E-state index contributed by atoms with van der Waals surface area (Å²) in [7, 11) is -4.01. The van der Waals surface area contributed by atoms with Crippen LogP contribution in [0.3, 0.4) is 0 Å². The molecular formula is C29H32N4O5S. The van der Waals surface area contributed by atoms with E-state index in [1.165, 1.54) is 4.31 Å². The molecule has 0 bridgehead atoms. The van der Waals surface area contributed by atoms with Gasteiger partial charge in [-0.15, -0.1) is 0 Å². The van der Waals surface area contributed by atoms with E-state index in [2.05, 4.69) is 31.0 Å². The number of carbonyl (C=O) groups excluding carboxylic acids is 2. The second kappa shape index (κ2) is 9.21. The van der Waals surface area contributed by atoms with Gasteiger partial charge in [0.15, 0.2) is 5.78 Å². The van der Waals surface area contributed by atoms with Crippen LogP contribution in [0.4, 0.5) is 4.79 Å². The van der Waals surface area contributed by atoms with Gasteiger partial charge in [0.25, 0.3) is 0 Å². The first kappa shape index (κ1) is 26.9. The summed E-state index contributed by atoms with van der Waals surface area (Å²) in [6, 6.07) is 13.4. The molecule has 1 aliphatic heterocycles. The molecule has 3 aromatic rings. The number of aromatic nitrogens is 1. The third-order valence-corrected chi connectivity index (χ3v) is 9.09. The summed E-state index contributed by atoms with van der Waals surface area (Å²) in [6.45, 7) is 9.69. The van der Waals surface area contributed by atoms with Gasteiger partial charge in [-0.2, -0.15) is 18.0 Å². The van der Waals surface area contributed by atoms with Crippen molar-refractivity contribution in [2.24, 2.45) is 0 Å². The molecular weight excluding hydrogens is 516 g/mol. The molecule has 2 N–H and O–H groups in total. The number of ether oxygens (including phenoxy) is 1. The zero-order chi connectivity index (χ0) is 28.3. The zero-order valence-corrected chi connectivity index (χ0v) is 23.5. The van der Waals surface area contributed by atoms with Crippen molar-refractivity contribution >= 4 is 33.0 Å². The normalized spacial score (nSPS) is 17.8. The third-order valence-electron chi connectivity index (χ3n) is 7.62. The smallest absolute Gasteiger partial charge is 0.422 e. The highest BCUT2D eigenvalue weighted by atomic mass is 32.2. The van der Waals surface area contributed by atoms with E-state index in [4.69, 9.17) is 4.74 Å². The number of rotatable bonds is 3. The Labute approximate surface area is 228 Å². The fourth-order valence-corrected chi connectivity index (χ4v) is 6.74. The first-order chi connectivity index (χ1) is 18.2. The van der Waals surface area contributed by atoms with Crippen molar-refractivity contribution in [3.8, 4) is 6.07 Å². The first-order valence-electron chi connectivity index (χ1n) is 13.0. The molecule has 9 nitrogen and oxygen atoms in total. The van der Waals surface area contributed by atoms with Gasteiger partial charge >= 0.3 is 16.3 Å². The minimum Gasteiger partial charge on any atom is -0.443 e. The number of carbonyl (C=O) groups is 2. The number of aromatic amines is 1. The lowest BCUT2D eigenvalue weighted by Crippen LogP contribution is -2.47. The molecule has 0 atom stereocenters. The van der Waals surface area contributed by atoms with Gasteiger partial charge in [-0.1, -0.05) is 38.1 Å². The van der Waals surface area contributed by atoms with Crippen molar-refractivity contribution in [3.63, 3.8) is 0 Å². The van der Waals surface area contributed by atoms with E-state index in [1.54, 1.807) is 32.9 Å². The summed E-state index contributed by atoms with van der Waals surface area (Å²) < 4.78 is 33.8. The van der Waals surface area contributed by atoms with Crippen LogP contribution in [0, 0.1) is 11.3 Å². The molecule has 0 spiro atoms. The summed E-state index contributed by atoms with van der Waals surface area (Å²) in [5.74, 6) is 0.0624. The number of nitrogens with zero attached hydrogens (tertiary/aromatic N) is 2. The van der Waals surface area contributed by atoms with Gasteiger partial charge in [-0.25, -0.2) is 9.52 Å². The molecule has 1 amide bonds. The van der Waals surface area contributed by atoms with Crippen LogP contribution in [0.1, 0.15) is 91.7 Å². The molecule has 1 aromatic heterocycles. The van der Waals surface area contributed by atoms with Crippen molar-refractivity contribution in [1.29, 1.82) is 5.26 Å². The average molecular weight is 549 g/mol. The largest absolute Gasteiger partial charge is 0.443 e. The fourth-order valence-electron chi connectivity index (χ4n) is 5.67. The SMILES string of the molecule is CC(C)(C)OC(=O)NS(=O)(=O)N1CCC(c2ccc3c(c2)C(C)(C)c2[nH]c4cc(C#N)ccc4c2C3=O)CC1. The molecule has 2 aromatic carbocycles. The van der Waals surface area contributed by atoms with Gasteiger partial charge < -0.3 is 9.72 Å². The summed E-state index contributed by atoms with van der Waals surface area (Å²) in [4.78, 5) is 29.1. The van der Waals surface area contributed by atoms with Crippen LogP contribution in [0.25, 0.3) is 10.9 Å². The Morgan fingerprint density at radius 2 is 1.85 bits per heavy atom.